The molecule has 9 heteroatoms. The van der Waals surface area contributed by atoms with Crippen LogP contribution in [0.3, 0.4) is 0 Å². The number of fused-ring (bicyclic) bond motifs is 1. The van der Waals surface area contributed by atoms with E-state index in [9.17, 15) is 20.3 Å². The average Bonchev–Trinajstić information content (AvgIpc) is 3.39. The van der Waals surface area contributed by atoms with Gasteiger partial charge < -0.3 is 25.8 Å². The summed E-state index contributed by atoms with van der Waals surface area (Å²) in [5.74, 6) is 2.47. The molecule has 4 bridgehead atoms. The number of H-pyrrole nitrogens is 1. The molecular formula is C33H40N6O3. The number of carbonyl (C=O) groups is 1. The first kappa shape index (κ1) is 28.3. The Balaban J connectivity index is 1.30. The largest absolute Gasteiger partial charge is 0.394 e. The van der Waals surface area contributed by atoms with Gasteiger partial charge >= 0.3 is 0 Å². The highest BCUT2D eigenvalue weighted by Crippen LogP contribution is 2.54. The molecule has 7 rings (SSSR count). The summed E-state index contributed by atoms with van der Waals surface area (Å²) in [5.41, 5.74) is 1.20. The lowest BCUT2D eigenvalue weighted by molar-refractivity contribution is -0.128. The van der Waals surface area contributed by atoms with Gasteiger partial charge in [-0.2, -0.15) is 5.26 Å². The summed E-state index contributed by atoms with van der Waals surface area (Å²) < 4.78 is 0. The number of para-hydroxylation sites is 1. The molecule has 3 atom stereocenters. The fraction of sp³-hybridized carbons (Fsp3) is 0.485. The van der Waals surface area contributed by atoms with Gasteiger partial charge in [-0.25, -0.2) is 4.99 Å². The number of aromatic amines is 1. The number of guanidine groups is 1. The van der Waals surface area contributed by atoms with Gasteiger partial charge in [0.05, 0.1) is 18.7 Å². The third kappa shape index (κ3) is 5.61. The first-order valence-electron chi connectivity index (χ1n) is 15.1. The standard InChI is InChI=1S/C33H40N6O3/c1-33(16-25-17-35-27-10-6-5-9-26(25)27,31(42)37-28(18-40)30(41)22-7-3-2-4-8-22)39-32(36-19-34)38-29-23-12-20-11-21(14-23)15-24(29)13-20/h2-10,17,20-21,23-24,28-30,35,40-41H,11-16,18H2,1H3,(H,37,42)(H2,36,38,39). The lowest BCUT2D eigenvalue weighted by Crippen LogP contribution is -2.62. The van der Waals surface area contributed by atoms with Gasteiger partial charge in [0, 0.05) is 23.5 Å². The van der Waals surface area contributed by atoms with E-state index in [1.54, 1.807) is 31.2 Å². The summed E-state index contributed by atoms with van der Waals surface area (Å²) >= 11 is 0. The van der Waals surface area contributed by atoms with Crippen LogP contribution in [0.25, 0.3) is 10.9 Å². The van der Waals surface area contributed by atoms with E-state index in [-0.39, 0.29) is 18.4 Å². The topological polar surface area (TPSA) is 146 Å². The van der Waals surface area contributed by atoms with Crippen LogP contribution in [0.1, 0.15) is 56.3 Å². The molecule has 4 aliphatic rings. The zero-order chi connectivity index (χ0) is 29.3. The number of amides is 1. The lowest BCUT2D eigenvalue weighted by Gasteiger charge is -2.53. The summed E-state index contributed by atoms with van der Waals surface area (Å²) in [7, 11) is 0. The summed E-state index contributed by atoms with van der Waals surface area (Å²) in [6.45, 7) is 1.33. The zero-order valence-electron chi connectivity index (χ0n) is 24.0. The molecule has 4 aliphatic carbocycles. The van der Waals surface area contributed by atoms with Crippen LogP contribution >= 0.6 is 0 Å². The van der Waals surface area contributed by atoms with Crippen molar-refractivity contribution in [3.8, 4) is 6.19 Å². The molecule has 1 heterocycles. The van der Waals surface area contributed by atoms with Crippen molar-refractivity contribution in [1.82, 2.24) is 20.9 Å². The molecule has 0 spiro atoms. The maximum absolute atomic E-state index is 14.1. The fourth-order valence-electron chi connectivity index (χ4n) is 7.94. The highest BCUT2D eigenvalue weighted by Gasteiger charge is 2.48. The number of hydrogen-bond donors (Lipinski definition) is 6. The van der Waals surface area contributed by atoms with E-state index in [1.807, 2.05) is 42.7 Å². The van der Waals surface area contributed by atoms with Crippen LogP contribution in [0.2, 0.25) is 0 Å². The number of nitrogens with one attached hydrogen (secondary N) is 4. The summed E-state index contributed by atoms with van der Waals surface area (Å²) in [6.07, 6.45) is 9.17. The number of aromatic nitrogens is 1. The Morgan fingerprint density at radius 2 is 1.74 bits per heavy atom. The van der Waals surface area contributed by atoms with Crippen molar-refractivity contribution in [2.24, 2.45) is 28.7 Å². The van der Waals surface area contributed by atoms with E-state index in [0.717, 1.165) is 28.3 Å². The molecule has 2 aromatic carbocycles. The van der Waals surface area contributed by atoms with Gasteiger partial charge in [0.2, 0.25) is 11.9 Å². The first-order valence-corrected chi connectivity index (χ1v) is 15.1. The SMILES string of the molecule is CC(Cc1c[nH]c2ccccc12)(NC(=NC1C2CC3CC(C2)CC1C3)NC#N)C(=O)NC(CO)C(O)c1ccccc1. The second kappa shape index (κ2) is 11.8. The number of nitriles is 1. The Labute approximate surface area is 246 Å². The molecule has 1 amide bonds. The van der Waals surface area contributed by atoms with E-state index in [4.69, 9.17) is 4.99 Å². The van der Waals surface area contributed by atoms with Crippen LogP contribution in [0.15, 0.2) is 65.8 Å². The number of aliphatic imine (C=N–C) groups is 1. The number of nitrogens with zero attached hydrogens (tertiary/aromatic N) is 2. The van der Waals surface area contributed by atoms with E-state index in [0.29, 0.717) is 17.4 Å². The molecule has 220 valence electrons. The summed E-state index contributed by atoms with van der Waals surface area (Å²) in [5, 5.41) is 40.8. The molecule has 3 unspecified atom stereocenters. The number of benzene rings is 2. The molecule has 9 nitrogen and oxygen atoms in total. The normalized spacial score (nSPS) is 27.6. The van der Waals surface area contributed by atoms with E-state index in [2.05, 4.69) is 20.9 Å². The van der Waals surface area contributed by atoms with Crippen molar-refractivity contribution >= 4 is 22.8 Å². The van der Waals surface area contributed by atoms with Gasteiger partial charge in [-0.05, 0) is 79.9 Å². The van der Waals surface area contributed by atoms with Crippen molar-refractivity contribution < 1.29 is 15.0 Å². The van der Waals surface area contributed by atoms with E-state index >= 15 is 0 Å². The maximum Gasteiger partial charge on any atom is 0.246 e. The minimum absolute atomic E-state index is 0.117. The van der Waals surface area contributed by atoms with Crippen LogP contribution < -0.4 is 16.0 Å². The Morgan fingerprint density at radius 3 is 2.40 bits per heavy atom. The molecule has 0 radical (unpaired) electrons. The molecular weight excluding hydrogens is 528 g/mol. The van der Waals surface area contributed by atoms with Crippen molar-refractivity contribution in [1.29, 1.82) is 5.26 Å². The Morgan fingerprint density at radius 1 is 1.07 bits per heavy atom. The third-order valence-corrected chi connectivity index (χ3v) is 9.78. The monoisotopic (exact) mass is 568 g/mol. The number of aliphatic hydroxyl groups is 2. The minimum atomic E-state index is -1.27. The maximum atomic E-state index is 14.1. The van der Waals surface area contributed by atoms with Crippen LogP contribution in [-0.2, 0) is 11.2 Å². The molecule has 0 saturated heterocycles. The quantitative estimate of drug-likeness (QED) is 0.101. The first-order chi connectivity index (χ1) is 20.4. The van der Waals surface area contributed by atoms with Gasteiger partial charge in [-0.1, -0.05) is 48.5 Å². The zero-order valence-corrected chi connectivity index (χ0v) is 24.0. The van der Waals surface area contributed by atoms with Crippen molar-refractivity contribution in [2.75, 3.05) is 6.61 Å². The van der Waals surface area contributed by atoms with Gasteiger partial charge in [0.25, 0.3) is 0 Å². The van der Waals surface area contributed by atoms with E-state index < -0.39 is 30.2 Å². The highest BCUT2D eigenvalue weighted by molar-refractivity contribution is 5.94. The van der Waals surface area contributed by atoms with Gasteiger partial charge in [0.15, 0.2) is 6.19 Å². The summed E-state index contributed by atoms with van der Waals surface area (Å²) in [6, 6.07) is 16.1. The van der Waals surface area contributed by atoms with Crippen LogP contribution in [-0.4, -0.2) is 51.3 Å². The second-order valence-electron chi connectivity index (χ2n) is 12.7. The van der Waals surface area contributed by atoms with Gasteiger partial charge in [-0.3, -0.25) is 10.1 Å². The molecule has 1 aromatic heterocycles. The van der Waals surface area contributed by atoms with Gasteiger partial charge in [0.1, 0.15) is 11.6 Å². The Hall–Kier alpha value is -3.87. The lowest BCUT2D eigenvalue weighted by atomic mass is 9.54. The molecule has 0 aliphatic heterocycles. The fourth-order valence-corrected chi connectivity index (χ4v) is 7.94. The van der Waals surface area contributed by atoms with Gasteiger partial charge in [-0.15, -0.1) is 0 Å². The second-order valence-corrected chi connectivity index (χ2v) is 12.7. The van der Waals surface area contributed by atoms with Crippen LogP contribution in [0, 0.1) is 35.1 Å². The minimum Gasteiger partial charge on any atom is -0.394 e. The Bertz CT molecular complexity index is 1450. The highest BCUT2D eigenvalue weighted by atomic mass is 16.3. The number of carbonyl (C=O) groups excluding carboxylic acids is 1. The average molecular weight is 569 g/mol. The summed E-state index contributed by atoms with van der Waals surface area (Å²) in [4.78, 5) is 22.5. The molecule has 42 heavy (non-hydrogen) atoms. The van der Waals surface area contributed by atoms with E-state index in [1.165, 1.54) is 32.1 Å². The number of rotatable bonds is 9. The third-order valence-electron chi connectivity index (χ3n) is 9.78. The predicted octanol–water partition coefficient (Wildman–Crippen LogP) is 3.52. The number of hydrogen-bond acceptors (Lipinski definition) is 5. The number of aliphatic hydroxyl groups excluding tert-OH is 2. The smallest absolute Gasteiger partial charge is 0.246 e. The predicted molar refractivity (Wildman–Crippen MR) is 161 cm³/mol. The molecule has 4 fully saturated rings. The molecule has 4 saturated carbocycles. The molecule has 6 N–H and O–H groups in total. The van der Waals surface area contributed by atoms with Crippen molar-refractivity contribution in [3.05, 3.63) is 71.9 Å². The Kier molecular flexibility index (Phi) is 7.93. The van der Waals surface area contributed by atoms with Crippen molar-refractivity contribution in [3.63, 3.8) is 0 Å². The molecule has 3 aromatic rings. The van der Waals surface area contributed by atoms with Crippen LogP contribution in [0.4, 0.5) is 0 Å². The van der Waals surface area contributed by atoms with Crippen molar-refractivity contribution in [2.45, 2.75) is 69.2 Å². The van der Waals surface area contributed by atoms with Crippen LogP contribution in [0.5, 0.6) is 0 Å².